The second-order valence-electron chi connectivity index (χ2n) is 3.52. The first kappa shape index (κ1) is 9.06. The number of nitrogens with zero attached hydrogens (tertiary/aromatic N) is 2. The molecule has 3 nitrogen and oxygen atoms in total. The van der Waals surface area contributed by atoms with E-state index in [1.165, 1.54) is 10.9 Å². The lowest BCUT2D eigenvalue weighted by atomic mass is 10.1. The molecule has 0 aliphatic rings. The standard InChI is InChI=1S/C11H14N2O/c1-7-8(2)12-11(14-4)10-9(7)5-6-13(10)3/h5-6H,1-4H3. The summed E-state index contributed by atoms with van der Waals surface area (Å²) in [5, 5.41) is 1.22. The highest BCUT2D eigenvalue weighted by Gasteiger charge is 2.11. The van der Waals surface area contributed by atoms with Crippen LogP contribution in [0.15, 0.2) is 12.3 Å². The van der Waals surface area contributed by atoms with E-state index in [0.29, 0.717) is 5.88 Å². The van der Waals surface area contributed by atoms with Crippen LogP contribution in [0.25, 0.3) is 10.9 Å². The highest BCUT2D eigenvalue weighted by molar-refractivity contribution is 5.87. The van der Waals surface area contributed by atoms with Crippen LogP contribution in [0.4, 0.5) is 0 Å². The second kappa shape index (κ2) is 3.01. The van der Waals surface area contributed by atoms with Crippen LogP contribution in [-0.2, 0) is 7.05 Å². The highest BCUT2D eigenvalue weighted by Crippen LogP contribution is 2.28. The molecule has 0 radical (unpaired) electrons. The van der Waals surface area contributed by atoms with E-state index < -0.39 is 0 Å². The predicted octanol–water partition coefficient (Wildman–Crippen LogP) is 2.20. The first-order chi connectivity index (χ1) is 6.65. The molecule has 2 aromatic rings. The predicted molar refractivity (Wildman–Crippen MR) is 56.7 cm³/mol. The molecular formula is C11H14N2O. The topological polar surface area (TPSA) is 27.1 Å². The van der Waals surface area contributed by atoms with Gasteiger partial charge in [-0.2, -0.15) is 0 Å². The third kappa shape index (κ3) is 1.09. The summed E-state index contributed by atoms with van der Waals surface area (Å²) in [6.07, 6.45) is 2.03. The van der Waals surface area contributed by atoms with E-state index in [2.05, 4.69) is 18.0 Å². The highest BCUT2D eigenvalue weighted by atomic mass is 16.5. The van der Waals surface area contributed by atoms with E-state index >= 15 is 0 Å². The first-order valence-corrected chi connectivity index (χ1v) is 4.61. The van der Waals surface area contributed by atoms with Crippen molar-refractivity contribution in [2.24, 2.45) is 7.05 Å². The molecule has 2 rings (SSSR count). The zero-order chi connectivity index (χ0) is 10.3. The number of rotatable bonds is 1. The van der Waals surface area contributed by atoms with Gasteiger partial charge in [-0.25, -0.2) is 4.98 Å². The lowest BCUT2D eigenvalue weighted by molar-refractivity contribution is 0.400. The van der Waals surface area contributed by atoms with E-state index in [0.717, 1.165) is 11.2 Å². The van der Waals surface area contributed by atoms with Gasteiger partial charge in [0.25, 0.3) is 0 Å². The Kier molecular flexibility index (Phi) is 1.95. The maximum atomic E-state index is 5.27. The fourth-order valence-electron chi connectivity index (χ4n) is 1.72. The van der Waals surface area contributed by atoms with Gasteiger partial charge in [-0.15, -0.1) is 0 Å². The maximum absolute atomic E-state index is 5.27. The van der Waals surface area contributed by atoms with Crippen molar-refractivity contribution >= 4 is 10.9 Å². The molecule has 0 atom stereocenters. The molecule has 0 spiro atoms. The Bertz CT molecular complexity index is 485. The Hall–Kier alpha value is -1.51. The fourth-order valence-corrected chi connectivity index (χ4v) is 1.72. The van der Waals surface area contributed by atoms with E-state index in [-0.39, 0.29) is 0 Å². The molecule has 0 bridgehead atoms. The quantitative estimate of drug-likeness (QED) is 0.689. The second-order valence-corrected chi connectivity index (χ2v) is 3.52. The van der Waals surface area contributed by atoms with E-state index in [4.69, 9.17) is 4.74 Å². The summed E-state index contributed by atoms with van der Waals surface area (Å²) in [7, 11) is 3.66. The van der Waals surface area contributed by atoms with Crippen molar-refractivity contribution in [3.63, 3.8) is 0 Å². The van der Waals surface area contributed by atoms with Crippen molar-refractivity contribution in [1.29, 1.82) is 0 Å². The van der Waals surface area contributed by atoms with Crippen molar-refractivity contribution in [2.45, 2.75) is 13.8 Å². The molecule has 0 aromatic carbocycles. The average Bonchev–Trinajstić information content (AvgIpc) is 2.55. The van der Waals surface area contributed by atoms with Gasteiger partial charge in [0.05, 0.1) is 7.11 Å². The number of fused-ring (bicyclic) bond motifs is 1. The van der Waals surface area contributed by atoms with Gasteiger partial charge in [-0.05, 0) is 25.5 Å². The van der Waals surface area contributed by atoms with Crippen molar-refractivity contribution < 1.29 is 4.74 Å². The van der Waals surface area contributed by atoms with Gasteiger partial charge < -0.3 is 9.30 Å². The molecule has 0 amide bonds. The molecule has 0 fully saturated rings. The summed E-state index contributed by atoms with van der Waals surface area (Å²) >= 11 is 0. The van der Waals surface area contributed by atoms with Crippen LogP contribution in [0.5, 0.6) is 5.88 Å². The smallest absolute Gasteiger partial charge is 0.238 e. The van der Waals surface area contributed by atoms with Crippen LogP contribution in [0.3, 0.4) is 0 Å². The summed E-state index contributed by atoms with van der Waals surface area (Å²) in [4.78, 5) is 4.41. The maximum Gasteiger partial charge on any atom is 0.238 e. The Morgan fingerprint density at radius 2 is 2.07 bits per heavy atom. The largest absolute Gasteiger partial charge is 0.479 e. The fraction of sp³-hybridized carbons (Fsp3) is 0.364. The molecule has 0 N–H and O–H groups in total. The molecule has 3 heteroatoms. The van der Waals surface area contributed by atoms with Crippen LogP contribution in [0, 0.1) is 13.8 Å². The third-order valence-electron chi connectivity index (χ3n) is 2.68. The molecule has 2 heterocycles. The lowest BCUT2D eigenvalue weighted by Gasteiger charge is -2.07. The number of aryl methyl sites for hydroxylation is 3. The first-order valence-electron chi connectivity index (χ1n) is 4.61. The molecule has 14 heavy (non-hydrogen) atoms. The molecule has 0 aliphatic carbocycles. The van der Waals surface area contributed by atoms with Crippen molar-refractivity contribution in [3.05, 3.63) is 23.5 Å². The van der Waals surface area contributed by atoms with Gasteiger partial charge in [0, 0.05) is 24.3 Å². The minimum atomic E-state index is 0.704. The van der Waals surface area contributed by atoms with Crippen molar-refractivity contribution in [1.82, 2.24) is 9.55 Å². The number of aromatic nitrogens is 2. The number of methoxy groups -OCH3 is 1. The van der Waals surface area contributed by atoms with Gasteiger partial charge in [0.2, 0.25) is 5.88 Å². The summed E-state index contributed by atoms with van der Waals surface area (Å²) in [5.41, 5.74) is 3.32. The molecule has 74 valence electrons. The number of pyridine rings is 1. The number of hydrogen-bond acceptors (Lipinski definition) is 2. The SMILES string of the molecule is COc1nc(C)c(C)c2ccn(C)c12. The molecular weight excluding hydrogens is 176 g/mol. The molecule has 0 saturated heterocycles. The minimum absolute atomic E-state index is 0.704. The molecule has 0 aliphatic heterocycles. The Labute approximate surface area is 83.3 Å². The van der Waals surface area contributed by atoms with Crippen LogP contribution in [0.1, 0.15) is 11.3 Å². The van der Waals surface area contributed by atoms with E-state index in [9.17, 15) is 0 Å². The minimum Gasteiger partial charge on any atom is -0.479 e. The normalized spacial score (nSPS) is 10.9. The Morgan fingerprint density at radius 3 is 2.71 bits per heavy atom. The zero-order valence-corrected chi connectivity index (χ0v) is 8.96. The molecule has 0 saturated carbocycles. The van der Waals surface area contributed by atoms with Crippen LogP contribution in [0.2, 0.25) is 0 Å². The van der Waals surface area contributed by atoms with Crippen LogP contribution in [-0.4, -0.2) is 16.7 Å². The van der Waals surface area contributed by atoms with Gasteiger partial charge in [-0.1, -0.05) is 0 Å². The van der Waals surface area contributed by atoms with Gasteiger partial charge in [0.15, 0.2) is 0 Å². The van der Waals surface area contributed by atoms with Crippen LogP contribution < -0.4 is 4.74 Å². The third-order valence-corrected chi connectivity index (χ3v) is 2.68. The number of hydrogen-bond donors (Lipinski definition) is 0. The zero-order valence-electron chi connectivity index (χ0n) is 8.96. The monoisotopic (exact) mass is 190 g/mol. The molecule has 2 aromatic heterocycles. The van der Waals surface area contributed by atoms with E-state index in [1.807, 2.05) is 24.7 Å². The van der Waals surface area contributed by atoms with Crippen molar-refractivity contribution in [3.8, 4) is 5.88 Å². The Morgan fingerprint density at radius 1 is 1.36 bits per heavy atom. The molecule has 0 unspecified atom stereocenters. The summed E-state index contributed by atoms with van der Waals surface area (Å²) in [5.74, 6) is 0.704. The van der Waals surface area contributed by atoms with E-state index in [1.54, 1.807) is 7.11 Å². The van der Waals surface area contributed by atoms with Crippen LogP contribution >= 0.6 is 0 Å². The lowest BCUT2D eigenvalue weighted by Crippen LogP contribution is -1.97. The number of ether oxygens (including phenoxy) is 1. The van der Waals surface area contributed by atoms with Crippen molar-refractivity contribution in [2.75, 3.05) is 7.11 Å². The Balaban J connectivity index is 2.92. The van der Waals surface area contributed by atoms with Gasteiger partial charge >= 0.3 is 0 Å². The van der Waals surface area contributed by atoms with Gasteiger partial charge in [0.1, 0.15) is 5.52 Å². The summed E-state index contributed by atoms with van der Waals surface area (Å²) in [6.45, 7) is 4.09. The summed E-state index contributed by atoms with van der Waals surface area (Å²) < 4.78 is 7.31. The summed E-state index contributed by atoms with van der Waals surface area (Å²) in [6, 6.07) is 2.10. The average molecular weight is 190 g/mol. The van der Waals surface area contributed by atoms with Gasteiger partial charge in [-0.3, -0.25) is 0 Å².